The van der Waals surface area contributed by atoms with Crippen molar-refractivity contribution in [2.24, 2.45) is 0 Å². The highest BCUT2D eigenvalue weighted by Gasteiger charge is 2.41. The molecule has 4 aromatic rings. The van der Waals surface area contributed by atoms with Gasteiger partial charge in [0.05, 0.1) is 45.2 Å². The number of anilines is 1. The smallest absolute Gasteiger partial charge is 0.354 e. The molecule has 0 saturated carbocycles. The summed E-state index contributed by atoms with van der Waals surface area (Å²) in [5.74, 6) is 0.156. The number of phenolic OH excluding ortho intramolecular Hbond substituents is 1. The van der Waals surface area contributed by atoms with Crippen molar-refractivity contribution in [2.45, 2.75) is 44.8 Å². The normalized spacial score (nSPS) is 15.2. The Balaban J connectivity index is 1.62. The number of aromatic nitrogens is 2. The topological polar surface area (TPSA) is 135 Å². The highest BCUT2D eigenvalue weighted by atomic mass is 28.4. The summed E-state index contributed by atoms with van der Waals surface area (Å²) in [7, 11) is 3.75. The van der Waals surface area contributed by atoms with Crippen LogP contribution in [0.25, 0.3) is 21.8 Å². The third-order valence-corrected chi connectivity index (χ3v) is 13.3. The molecule has 2 aromatic carbocycles. The van der Waals surface area contributed by atoms with Crippen LogP contribution in [0.15, 0.2) is 24.3 Å². The Labute approximate surface area is 251 Å². The predicted octanol–water partition coefficient (Wildman–Crippen LogP) is 5.93. The monoisotopic (exact) mass is 609 g/mol. The van der Waals surface area contributed by atoms with E-state index in [4.69, 9.17) is 23.4 Å². The molecule has 230 valence electrons. The first-order valence-electron chi connectivity index (χ1n) is 14.0. The van der Waals surface area contributed by atoms with Gasteiger partial charge in [-0.3, -0.25) is 4.79 Å². The number of H-pyrrole nitrogens is 2. The zero-order valence-electron chi connectivity index (χ0n) is 26.1. The lowest BCUT2D eigenvalue weighted by Gasteiger charge is -2.37. The number of benzene rings is 2. The molecule has 2 aromatic heterocycles. The van der Waals surface area contributed by atoms with Crippen LogP contribution in [0.2, 0.25) is 18.1 Å². The largest absolute Gasteiger partial charge is 0.506 e. The first kappa shape index (κ1) is 30.3. The van der Waals surface area contributed by atoms with E-state index < -0.39 is 14.3 Å². The second-order valence-corrected chi connectivity index (χ2v) is 17.1. The Kier molecular flexibility index (Phi) is 7.64. The average molecular weight is 610 g/mol. The summed E-state index contributed by atoms with van der Waals surface area (Å²) in [4.78, 5) is 34.4. The summed E-state index contributed by atoms with van der Waals surface area (Å²) in [6.45, 7) is 11.6. The van der Waals surface area contributed by atoms with Crippen LogP contribution in [0.1, 0.15) is 53.2 Å². The minimum absolute atomic E-state index is 0.00805. The molecular weight excluding hydrogens is 570 g/mol. The molecule has 0 fully saturated rings. The van der Waals surface area contributed by atoms with E-state index >= 15 is 0 Å². The quantitative estimate of drug-likeness (QED) is 0.165. The minimum Gasteiger partial charge on any atom is -0.506 e. The number of esters is 1. The number of amides is 1. The molecule has 1 aliphatic heterocycles. The fourth-order valence-corrected chi connectivity index (χ4v) is 6.48. The first-order chi connectivity index (χ1) is 20.3. The van der Waals surface area contributed by atoms with E-state index in [2.05, 4.69) is 43.8 Å². The molecule has 1 amide bonds. The van der Waals surface area contributed by atoms with Crippen molar-refractivity contribution in [1.82, 2.24) is 9.97 Å². The van der Waals surface area contributed by atoms with Crippen molar-refractivity contribution < 1.29 is 38.1 Å². The van der Waals surface area contributed by atoms with Gasteiger partial charge in [0.15, 0.2) is 19.8 Å². The number of hydrogen-bond donors (Lipinski definition) is 3. The van der Waals surface area contributed by atoms with E-state index in [0.717, 1.165) is 5.56 Å². The molecular formula is C31H39N3O8Si. The lowest BCUT2D eigenvalue weighted by molar-refractivity contribution is 0.0595. The van der Waals surface area contributed by atoms with Gasteiger partial charge in [-0.15, -0.1) is 0 Å². The molecule has 1 aliphatic rings. The number of aromatic hydroxyl groups is 1. The molecule has 3 N–H and O–H groups in total. The molecule has 0 bridgehead atoms. The van der Waals surface area contributed by atoms with Crippen LogP contribution >= 0.6 is 0 Å². The molecule has 0 radical (unpaired) electrons. The second kappa shape index (κ2) is 10.8. The van der Waals surface area contributed by atoms with E-state index in [0.29, 0.717) is 63.6 Å². The molecule has 3 heterocycles. The number of phenols is 1. The molecule has 0 spiro atoms. The average Bonchev–Trinajstić information content (AvgIpc) is 3.69. The molecule has 11 nitrogen and oxygen atoms in total. The number of ether oxygens (including phenoxy) is 4. The number of fused-ring (bicyclic) bond motifs is 4. The van der Waals surface area contributed by atoms with Crippen molar-refractivity contribution in [3.8, 4) is 23.0 Å². The van der Waals surface area contributed by atoms with Crippen molar-refractivity contribution >= 4 is 47.7 Å². The zero-order chi connectivity index (χ0) is 31.4. The number of aromatic amines is 2. The maximum atomic E-state index is 14.2. The fraction of sp³-hybridized carbons (Fsp3) is 0.419. The molecule has 0 aliphatic carbocycles. The first-order valence-corrected chi connectivity index (χ1v) is 16.9. The highest BCUT2D eigenvalue weighted by molar-refractivity contribution is 6.74. The van der Waals surface area contributed by atoms with Crippen molar-refractivity contribution in [3.63, 3.8) is 0 Å². The molecule has 43 heavy (non-hydrogen) atoms. The van der Waals surface area contributed by atoms with E-state index in [9.17, 15) is 14.7 Å². The molecule has 0 unspecified atom stereocenters. The number of carbonyl (C=O) groups excluding carboxylic acids is 2. The van der Waals surface area contributed by atoms with Crippen LogP contribution in [-0.2, 0) is 9.16 Å². The maximum Gasteiger partial charge on any atom is 0.354 e. The molecule has 12 heteroatoms. The number of nitrogens with one attached hydrogen (secondary N) is 2. The fourth-order valence-electron chi connectivity index (χ4n) is 5.43. The van der Waals surface area contributed by atoms with E-state index in [1.54, 1.807) is 29.2 Å². The Morgan fingerprint density at radius 2 is 1.63 bits per heavy atom. The van der Waals surface area contributed by atoms with Crippen molar-refractivity contribution in [1.29, 1.82) is 0 Å². The van der Waals surface area contributed by atoms with Crippen molar-refractivity contribution in [2.75, 3.05) is 46.5 Å². The van der Waals surface area contributed by atoms with Crippen LogP contribution in [0.5, 0.6) is 23.0 Å². The third kappa shape index (κ3) is 4.97. The Bertz CT molecular complexity index is 1730. The minimum atomic E-state index is -2.13. The van der Waals surface area contributed by atoms with Gasteiger partial charge in [0, 0.05) is 35.9 Å². The van der Waals surface area contributed by atoms with E-state index in [1.807, 2.05) is 0 Å². The molecule has 0 saturated heterocycles. The predicted molar refractivity (Wildman–Crippen MR) is 167 cm³/mol. The number of hydrogen-bond acceptors (Lipinski definition) is 8. The third-order valence-electron chi connectivity index (χ3n) is 8.77. The Morgan fingerprint density at radius 3 is 2.23 bits per heavy atom. The van der Waals surface area contributed by atoms with Crippen LogP contribution in [0, 0.1) is 0 Å². The zero-order valence-corrected chi connectivity index (χ0v) is 27.1. The summed E-state index contributed by atoms with van der Waals surface area (Å²) in [6.07, 6.45) is 0. The van der Waals surface area contributed by atoms with Gasteiger partial charge < -0.3 is 43.3 Å². The van der Waals surface area contributed by atoms with E-state index in [1.165, 1.54) is 28.4 Å². The lowest BCUT2D eigenvalue weighted by Crippen LogP contribution is -2.42. The SMILES string of the molecule is COC(=O)c1cc2c3c(cc(O)c2[nH]1)N(C(=O)c1cc2cc(OC)c(OC)c(OC)c2[nH]1)C[C@H]3CO[Si](C)(C)C(C)(C)C. The standard InChI is InChI=1S/C31H39N3O8Si/c1-31(2,3)43(8,9)42-15-17-14-34(21-13-22(35)26-18(24(17)21)12-20(33-26)30(37)41-7)29(36)19-10-16-11-23(38-4)27(39-5)28(40-6)25(16)32-19/h10-13,17,32-33,35H,14-15H2,1-9H3/t17-/m0/s1. The van der Waals surface area contributed by atoms with Gasteiger partial charge in [0.1, 0.15) is 17.1 Å². The van der Waals surface area contributed by atoms with Gasteiger partial charge in [0.2, 0.25) is 5.75 Å². The number of rotatable bonds is 8. The van der Waals surface area contributed by atoms with Crippen LogP contribution in [-0.4, -0.2) is 76.9 Å². The van der Waals surface area contributed by atoms with Gasteiger partial charge in [0.25, 0.3) is 5.91 Å². The maximum absolute atomic E-state index is 14.2. The Morgan fingerprint density at radius 1 is 0.953 bits per heavy atom. The molecule has 1 atom stereocenters. The number of methoxy groups -OCH3 is 4. The van der Waals surface area contributed by atoms with Crippen molar-refractivity contribution in [3.05, 3.63) is 41.2 Å². The second-order valence-electron chi connectivity index (χ2n) is 12.3. The molecule has 5 rings (SSSR count). The van der Waals surface area contributed by atoms with Crippen LogP contribution in [0.3, 0.4) is 0 Å². The van der Waals surface area contributed by atoms with Crippen LogP contribution in [0.4, 0.5) is 5.69 Å². The summed E-state index contributed by atoms with van der Waals surface area (Å²) < 4.78 is 28.2. The van der Waals surface area contributed by atoms with Gasteiger partial charge >= 0.3 is 5.97 Å². The summed E-state index contributed by atoms with van der Waals surface area (Å²) in [5, 5.41) is 12.4. The number of carbonyl (C=O) groups is 2. The summed E-state index contributed by atoms with van der Waals surface area (Å²) in [6, 6.07) is 6.75. The van der Waals surface area contributed by atoms with Crippen LogP contribution < -0.4 is 19.1 Å². The summed E-state index contributed by atoms with van der Waals surface area (Å²) >= 11 is 0. The van der Waals surface area contributed by atoms with Gasteiger partial charge in [-0.05, 0) is 41.9 Å². The van der Waals surface area contributed by atoms with E-state index in [-0.39, 0.29) is 28.3 Å². The van der Waals surface area contributed by atoms with Gasteiger partial charge in [-0.2, -0.15) is 0 Å². The van der Waals surface area contributed by atoms with Gasteiger partial charge in [-0.25, -0.2) is 4.79 Å². The lowest BCUT2D eigenvalue weighted by atomic mass is 9.98. The Hall–Kier alpha value is -4.16. The van der Waals surface area contributed by atoms with Gasteiger partial charge in [-0.1, -0.05) is 20.8 Å². The summed E-state index contributed by atoms with van der Waals surface area (Å²) in [5.41, 5.74) is 2.90. The highest BCUT2D eigenvalue weighted by Crippen LogP contribution is 2.48. The number of nitrogens with zero attached hydrogens (tertiary/aromatic N) is 1.